The van der Waals surface area contributed by atoms with E-state index in [0.717, 1.165) is 12.0 Å². The second kappa shape index (κ2) is 9.32. The summed E-state index contributed by atoms with van der Waals surface area (Å²) in [4.78, 5) is 30.6. The quantitative estimate of drug-likeness (QED) is 0.690. The molecule has 30 heavy (non-hydrogen) atoms. The van der Waals surface area contributed by atoms with Gasteiger partial charge < -0.3 is 19.7 Å². The van der Waals surface area contributed by atoms with E-state index in [-0.39, 0.29) is 36.3 Å². The second-order valence-electron chi connectivity index (χ2n) is 7.33. The Balaban J connectivity index is 1.38. The number of benzene rings is 1. The third-order valence-corrected chi connectivity index (χ3v) is 6.08. The molecular formula is C21H21BrClN3O4. The van der Waals surface area contributed by atoms with Gasteiger partial charge in [0, 0.05) is 43.2 Å². The van der Waals surface area contributed by atoms with Crippen LogP contribution in [0.5, 0.6) is 5.75 Å². The SMILES string of the molecule is O=C(NCc1ccc(Cl)cc1)c1cc(O[C@H]2CCN3C(=O)COC[C@@H]3C2)c(Br)cn1. The molecule has 0 spiro atoms. The van der Waals surface area contributed by atoms with Crippen molar-refractivity contribution < 1.29 is 19.1 Å². The molecule has 0 radical (unpaired) electrons. The third kappa shape index (κ3) is 4.94. The van der Waals surface area contributed by atoms with Gasteiger partial charge >= 0.3 is 0 Å². The molecule has 158 valence electrons. The van der Waals surface area contributed by atoms with Crippen molar-refractivity contribution in [3.63, 3.8) is 0 Å². The molecule has 0 bridgehead atoms. The van der Waals surface area contributed by atoms with Crippen molar-refractivity contribution >= 4 is 39.3 Å². The molecule has 3 heterocycles. The van der Waals surface area contributed by atoms with Crippen LogP contribution in [0, 0.1) is 0 Å². The molecule has 9 heteroatoms. The van der Waals surface area contributed by atoms with Crippen LogP contribution in [0.25, 0.3) is 0 Å². The van der Waals surface area contributed by atoms with E-state index in [0.29, 0.717) is 41.4 Å². The summed E-state index contributed by atoms with van der Waals surface area (Å²) >= 11 is 9.33. The van der Waals surface area contributed by atoms with E-state index in [1.807, 2.05) is 17.0 Å². The van der Waals surface area contributed by atoms with Gasteiger partial charge in [-0.1, -0.05) is 23.7 Å². The lowest BCUT2D eigenvalue weighted by Gasteiger charge is -2.41. The predicted octanol–water partition coefficient (Wildman–Crippen LogP) is 3.20. The Morgan fingerprint density at radius 2 is 2.17 bits per heavy atom. The zero-order valence-electron chi connectivity index (χ0n) is 16.1. The summed E-state index contributed by atoms with van der Waals surface area (Å²) in [5, 5.41) is 3.50. The molecule has 2 aliphatic rings. The molecule has 2 aromatic rings. The molecule has 7 nitrogen and oxygen atoms in total. The van der Waals surface area contributed by atoms with Gasteiger partial charge in [-0.15, -0.1) is 0 Å². The summed E-state index contributed by atoms with van der Waals surface area (Å²) < 4.78 is 12.2. The minimum absolute atomic E-state index is 0.0350. The summed E-state index contributed by atoms with van der Waals surface area (Å²) in [6, 6.07) is 8.95. The van der Waals surface area contributed by atoms with E-state index >= 15 is 0 Å². The highest BCUT2D eigenvalue weighted by atomic mass is 79.9. The van der Waals surface area contributed by atoms with Crippen LogP contribution in [-0.4, -0.2) is 53.6 Å². The van der Waals surface area contributed by atoms with Crippen LogP contribution in [0.3, 0.4) is 0 Å². The first-order valence-electron chi connectivity index (χ1n) is 9.71. The summed E-state index contributed by atoms with van der Waals surface area (Å²) in [7, 11) is 0. The number of pyridine rings is 1. The zero-order valence-corrected chi connectivity index (χ0v) is 18.5. The maximum Gasteiger partial charge on any atom is 0.270 e. The fraction of sp³-hybridized carbons (Fsp3) is 0.381. The molecule has 2 fully saturated rings. The molecule has 1 aromatic carbocycles. The number of ether oxygens (including phenoxy) is 2. The van der Waals surface area contributed by atoms with Gasteiger partial charge in [0.1, 0.15) is 24.2 Å². The first-order valence-corrected chi connectivity index (χ1v) is 10.9. The Labute approximate surface area is 187 Å². The summed E-state index contributed by atoms with van der Waals surface area (Å²) in [5.41, 5.74) is 1.22. The number of nitrogens with one attached hydrogen (secondary N) is 1. The van der Waals surface area contributed by atoms with E-state index in [9.17, 15) is 9.59 Å². The summed E-state index contributed by atoms with van der Waals surface area (Å²) in [6.07, 6.45) is 2.92. The number of hydrogen-bond acceptors (Lipinski definition) is 5. The number of hydrogen-bond donors (Lipinski definition) is 1. The molecule has 0 saturated carbocycles. The van der Waals surface area contributed by atoms with Gasteiger partial charge in [0.05, 0.1) is 17.1 Å². The number of rotatable bonds is 5. The van der Waals surface area contributed by atoms with E-state index in [4.69, 9.17) is 21.1 Å². The number of piperidine rings is 1. The van der Waals surface area contributed by atoms with Crippen LogP contribution in [0.4, 0.5) is 0 Å². The largest absolute Gasteiger partial charge is 0.489 e. The highest BCUT2D eigenvalue weighted by Crippen LogP contribution is 2.30. The monoisotopic (exact) mass is 493 g/mol. The lowest BCUT2D eigenvalue weighted by Crippen LogP contribution is -2.55. The van der Waals surface area contributed by atoms with Crippen LogP contribution in [-0.2, 0) is 16.1 Å². The average molecular weight is 495 g/mol. The first kappa shape index (κ1) is 21.1. The van der Waals surface area contributed by atoms with Gasteiger partial charge in [0.25, 0.3) is 5.91 Å². The minimum Gasteiger partial charge on any atom is -0.489 e. The fourth-order valence-corrected chi connectivity index (χ4v) is 4.10. The number of halogens is 2. The molecule has 2 amide bonds. The number of carbonyl (C=O) groups is 2. The maximum atomic E-state index is 12.5. The van der Waals surface area contributed by atoms with Crippen molar-refractivity contribution in [3.8, 4) is 5.75 Å². The molecule has 1 aromatic heterocycles. The molecule has 0 aliphatic carbocycles. The summed E-state index contributed by atoms with van der Waals surface area (Å²) in [5.74, 6) is 0.306. The molecule has 2 saturated heterocycles. The Morgan fingerprint density at radius 3 is 2.97 bits per heavy atom. The molecule has 0 unspecified atom stereocenters. The highest BCUT2D eigenvalue weighted by Gasteiger charge is 2.35. The second-order valence-corrected chi connectivity index (χ2v) is 8.62. The Bertz CT molecular complexity index is 940. The van der Waals surface area contributed by atoms with Crippen molar-refractivity contribution in [2.45, 2.75) is 31.5 Å². The van der Waals surface area contributed by atoms with Gasteiger partial charge in [-0.2, -0.15) is 0 Å². The number of nitrogens with zero attached hydrogens (tertiary/aromatic N) is 2. The van der Waals surface area contributed by atoms with Crippen LogP contribution in [0.15, 0.2) is 41.0 Å². The van der Waals surface area contributed by atoms with Crippen molar-refractivity contribution in [2.24, 2.45) is 0 Å². The summed E-state index contributed by atoms with van der Waals surface area (Å²) in [6.45, 7) is 1.71. The average Bonchev–Trinajstić information content (AvgIpc) is 2.75. The van der Waals surface area contributed by atoms with E-state index < -0.39 is 0 Å². The molecule has 1 N–H and O–H groups in total. The van der Waals surface area contributed by atoms with Gasteiger partial charge in [-0.3, -0.25) is 9.59 Å². The van der Waals surface area contributed by atoms with E-state index in [1.54, 1.807) is 24.4 Å². The molecule has 4 rings (SSSR count). The van der Waals surface area contributed by atoms with E-state index in [1.165, 1.54) is 0 Å². The van der Waals surface area contributed by atoms with Crippen molar-refractivity contribution in [1.29, 1.82) is 0 Å². The van der Waals surface area contributed by atoms with E-state index in [2.05, 4.69) is 26.2 Å². The van der Waals surface area contributed by atoms with Crippen LogP contribution < -0.4 is 10.1 Å². The molecule has 2 aliphatic heterocycles. The van der Waals surface area contributed by atoms with Crippen LogP contribution >= 0.6 is 27.5 Å². The van der Waals surface area contributed by atoms with Crippen molar-refractivity contribution in [2.75, 3.05) is 19.8 Å². The Kier molecular flexibility index (Phi) is 6.55. The fourth-order valence-electron chi connectivity index (χ4n) is 3.66. The number of aromatic nitrogens is 1. The first-order chi connectivity index (χ1) is 14.5. The lowest BCUT2D eigenvalue weighted by atomic mass is 9.98. The van der Waals surface area contributed by atoms with Gasteiger partial charge in [0.2, 0.25) is 5.91 Å². The lowest BCUT2D eigenvalue weighted by molar-refractivity contribution is -0.152. The topological polar surface area (TPSA) is 80.8 Å². The Hall–Kier alpha value is -2.16. The zero-order chi connectivity index (χ0) is 21.1. The van der Waals surface area contributed by atoms with Crippen LogP contribution in [0.2, 0.25) is 5.02 Å². The number of fused-ring (bicyclic) bond motifs is 1. The normalized spacial score (nSPS) is 21.1. The standard InChI is InChI=1S/C21H21BrClN3O4/c22-17-10-24-18(21(28)25-9-13-1-3-14(23)4-2-13)8-19(17)30-16-5-6-26-15(7-16)11-29-12-20(26)27/h1-4,8,10,15-16H,5-7,9,11-12H2,(H,25,28)/t15-,16-/m0/s1. The number of carbonyl (C=O) groups excluding carboxylic acids is 2. The third-order valence-electron chi connectivity index (χ3n) is 5.24. The Morgan fingerprint density at radius 1 is 1.37 bits per heavy atom. The van der Waals surface area contributed by atoms with Crippen molar-refractivity contribution in [3.05, 3.63) is 57.3 Å². The predicted molar refractivity (Wildman–Crippen MR) is 115 cm³/mol. The molecular weight excluding hydrogens is 474 g/mol. The number of morpholine rings is 1. The molecule has 2 atom stereocenters. The number of amides is 2. The van der Waals surface area contributed by atoms with Gasteiger partial charge in [0.15, 0.2) is 0 Å². The minimum atomic E-state index is -0.289. The smallest absolute Gasteiger partial charge is 0.270 e. The maximum absolute atomic E-state index is 12.5. The van der Waals surface area contributed by atoms with Gasteiger partial charge in [-0.25, -0.2) is 4.98 Å². The van der Waals surface area contributed by atoms with Crippen molar-refractivity contribution in [1.82, 2.24) is 15.2 Å². The highest BCUT2D eigenvalue weighted by molar-refractivity contribution is 9.10. The van der Waals surface area contributed by atoms with Gasteiger partial charge in [-0.05, 0) is 33.6 Å². The van der Waals surface area contributed by atoms with Crippen LogP contribution in [0.1, 0.15) is 28.9 Å².